The lowest BCUT2D eigenvalue weighted by molar-refractivity contribution is 0.102. The minimum atomic E-state index is 0.0989. The highest BCUT2D eigenvalue weighted by atomic mass is 35.5. The number of nitrogens with zero attached hydrogens (tertiary/aromatic N) is 3. The predicted octanol–water partition coefficient (Wildman–Crippen LogP) is 5.16. The van der Waals surface area contributed by atoms with Crippen molar-refractivity contribution < 1.29 is 9.53 Å². The van der Waals surface area contributed by atoms with Gasteiger partial charge in [-0.15, -0.1) is 16.8 Å². The van der Waals surface area contributed by atoms with Crippen LogP contribution in [-0.2, 0) is 26.0 Å². The van der Waals surface area contributed by atoms with Gasteiger partial charge in [0.05, 0.1) is 5.75 Å². The van der Waals surface area contributed by atoms with Crippen LogP contribution in [0.15, 0.2) is 60.3 Å². The van der Waals surface area contributed by atoms with Crippen LogP contribution in [0.4, 0.5) is 0 Å². The Bertz CT molecular complexity index is 1060. The van der Waals surface area contributed by atoms with E-state index in [1.54, 1.807) is 18.2 Å². The van der Waals surface area contributed by atoms with E-state index >= 15 is 0 Å². The third-order valence-electron chi connectivity index (χ3n) is 5.04. The smallest absolute Gasteiger partial charge is 0.192 e. The number of fused-ring (bicyclic) bond motifs is 1. The monoisotopic (exact) mass is 439 g/mol. The molecule has 3 aromatic rings. The highest BCUT2D eigenvalue weighted by molar-refractivity contribution is 7.99. The Morgan fingerprint density at radius 3 is 2.77 bits per heavy atom. The molecule has 0 N–H and O–H groups in total. The van der Waals surface area contributed by atoms with Crippen LogP contribution in [0.1, 0.15) is 33.7 Å². The summed E-state index contributed by atoms with van der Waals surface area (Å²) in [6.07, 6.45) is 5.13. The summed E-state index contributed by atoms with van der Waals surface area (Å²) in [6, 6.07) is 13.2. The molecule has 4 rings (SSSR count). The zero-order valence-electron chi connectivity index (χ0n) is 16.5. The molecule has 0 atom stereocenters. The molecule has 0 radical (unpaired) electrons. The Hall–Kier alpha value is -2.57. The lowest BCUT2D eigenvalue weighted by Gasteiger charge is -2.09. The summed E-state index contributed by atoms with van der Waals surface area (Å²) in [5.41, 5.74) is 3.45. The Kier molecular flexibility index (Phi) is 6.55. The number of rotatable bonds is 9. The average Bonchev–Trinajstić information content (AvgIpc) is 3.38. The lowest BCUT2D eigenvalue weighted by atomic mass is 10.0. The van der Waals surface area contributed by atoms with E-state index in [0.717, 1.165) is 18.4 Å². The first-order chi connectivity index (χ1) is 14.6. The van der Waals surface area contributed by atoms with E-state index in [1.807, 2.05) is 28.8 Å². The van der Waals surface area contributed by atoms with Crippen LogP contribution in [0.2, 0.25) is 5.02 Å². The number of carbonyl (C=O) groups is 1. The van der Waals surface area contributed by atoms with Crippen molar-refractivity contribution in [3.8, 4) is 5.75 Å². The molecule has 1 heterocycles. The summed E-state index contributed by atoms with van der Waals surface area (Å²) in [6.45, 7) is 4.62. The molecule has 0 amide bonds. The second-order valence-corrected chi connectivity index (χ2v) is 8.47. The molecular weight excluding hydrogens is 418 g/mol. The van der Waals surface area contributed by atoms with Crippen LogP contribution in [0.5, 0.6) is 5.75 Å². The molecule has 0 fully saturated rings. The number of carbonyl (C=O) groups excluding carboxylic acids is 1. The number of thioether (sulfide) groups is 1. The number of halogens is 1. The molecule has 0 unspecified atom stereocenters. The molecule has 7 heteroatoms. The van der Waals surface area contributed by atoms with Crippen LogP contribution in [0.25, 0.3) is 0 Å². The second-order valence-electron chi connectivity index (χ2n) is 7.09. The van der Waals surface area contributed by atoms with Crippen LogP contribution < -0.4 is 4.74 Å². The standard InChI is InChI=1S/C23H22ClN3O2S/c1-2-12-27-22(14-29-20-10-8-19(24)9-11-20)25-26-23(27)30-15-21(28)18-7-6-16-4-3-5-17(16)13-18/h2,6-11,13H,1,3-5,12,14-15H2. The van der Waals surface area contributed by atoms with Crippen LogP contribution in [0.3, 0.4) is 0 Å². The number of ether oxygens (including phenoxy) is 1. The largest absolute Gasteiger partial charge is 0.486 e. The fourth-order valence-corrected chi connectivity index (χ4v) is 4.47. The van der Waals surface area contributed by atoms with Gasteiger partial charge in [-0.2, -0.15) is 0 Å². The van der Waals surface area contributed by atoms with Gasteiger partial charge < -0.3 is 4.74 Å². The van der Waals surface area contributed by atoms with Gasteiger partial charge in [-0.3, -0.25) is 9.36 Å². The van der Waals surface area contributed by atoms with Gasteiger partial charge in [0.1, 0.15) is 12.4 Å². The van der Waals surface area contributed by atoms with Gasteiger partial charge in [0.25, 0.3) is 0 Å². The number of hydrogen-bond donors (Lipinski definition) is 0. The van der Waals surface area contributed by atoms with Crippen LogP contribution >= 0.6 is 23.4 Å². The number of allylic oxidation sites excluding steroid dienone is 1. The summed E-state index contributed by atoms with van der Waals surface area (Å²) in [5, 5.41) is 9.84. The number of hydrogen-bond acceptors (Lipinski definition) is 5. The van der Waals surface area contributed by atoms with E-state index in [9.17, 15) is 4.79 Å². The predicted molar refractivity (Wildman–Crippen MR) is 120 cm³/mol. The quantitative estimate of drug-likeness (QED) is 0.262. The molecule has 1 aliphatic rings. The topological polar surface area (TPSA) is 57.0 Å². The molecule has 154 valence electrons. The Morgan fingerprint density at radius 2 is 1.97 bits per heavy atom. The van der Waals surface area contributed by atoms with Crippen molar-refractivity contribution in [2.24, 2.45) is 0 Å². The first kappa shape index (κ1) is 20.7. The van der Waals surface area contributed by atoms with E-state index in [2.05, 4.69) is 22.8 Å². The molecule has 0 spiro atoms. The van der Waals surface area contributed by atoms with E-state index in [-0.39, 0.29) is 12.4 Å². The zero-order chi connectivity index (χ0) is 20.9. The molecule has 1 aliphatic carbocycles. The molecule has 30 heavy (non-hydrogen) atoms. The number of benzene rings is 2. The summed E-state index contributed by atoms with van der Waals surface area (Å²) < 4.78 is 7.71. The maximum atomic E-state index is 12.7. The van der Waals surface area contributed by atoms with E-state index in [1.165, 1.54) is 29.3 Å². The van der Waals surface area contributed by atoms with E-state index in [0.29, 0.717) is 34.1 Å². The zero-order valence-corrected chi connectivity index (χ0v) is 18.1. The third-order valence-corrected chi connectivity index (χ3v) is 6.26. The van der Waals surface area contributed by atoms with Gasteiger partial charge in [-0.05, 0) is 60.7 Å². The van der Waals surface area contributed by atoms with Gasteiger partial charge in [0.15, 0.2) is 16.8 Å². The third kappa shape index (κ3) is 4.77. The molecule has 0 saturated carbocycles. The highest BCUT2D eigenvalue weighted by Gasteiger charge is 2.17. The highest BCUT2D eigenvalue weighted by Crippen LogP contribution is 2.25. The number of aromatic nitrogens is 3. The average molecular weight is 440 g/mol. The number of Topliss-reactive ketones (excluding diaryl/α,β-unsaturated/α-hetero) is 1. The minimum Gasteiger partial charge on any atom is -0.486 e. The summed E-state index contributed by atoms with van der Waals surface area (Å²) in [7, 11) is 0. The van der Waals surface area contributed by atoms with E-state index < -0.39 is 0 Å². The first-order valence-corrected chi connectivity index (χ1v) is 11.2. The van der Waals surface area contributed by atoms with Crippen molar-refractivity contribution in [1.29, 1.82) is 0 Å². The molecule has 0 bridgehead atoms. The Balaban J connectivity index is 1.41. The number of ketones is 1. The van der Waals surface area contributed by atoms with E-state index in [4.69, 9.17) is 16.3 Å². The van der Waals surface area contributed by atoms with Crippen molar-refractivity contribution in [2.45, 2.75) is 37.6 Å². The fourth-order valence-electron chi connectivity index (χ4n) is 3.48. The molecule has 0 aliphatic heterocycles. The normalized spacial score (nSPS) is 12.6. The molecule has 5 nitrogen and oxygen atoms in total. The Morgan fingerprint density at radius 1 is 1.17 bits per heavy atom. The summed E-state index contributed by atoms with van der Waals surface area (Å²) >= 11 is 7.29. The number of aryl methyl sites for hydroxylation is 2. The summed E-state index contributed by atoms with van der Waals surface area (Å²) in [4.78, 5) is 12.7. The lowest BCUT2D eigenvalue weighted by Crippen LogP contribution is -2.09. The van der Waals surface area contributed by atoms with Crippen molar-refractivity contribution >= 4 is 29.1 Å². The summed E-state index contributed by atoms with van der Waals surface area (Å²) in [5.74, 6) is 1.79. The first-order valence-electron chi connectivity index (χ1n) is 9.83. The molecule has 0 saturated heterocycles. The molecular formula is C23H22ClN3O2S. The molecule has 1 aromatic heterocycles. The van der Waals surface area contributed by atoms with Gasteiger partial charge in [0.2, 0.25) is 0 Å². The van der Waals surface area contributed by atoms with Crippen molar-refractivity contribution in [1.82, 2.24) is 14.8 Å². The maximum Gasteiger partial charge on any atom is 0.192 e. The van der Waals surface area contributed by atoms with Gasteiger partial charge in [0, 0.05) is 17.1 Å². The maximum absolute atomic E-state index is 12.7. The van der Waals surface area contributed by atoms with Crippen molar-refractivity contribution in [3.05, 3.63) is 82.7 Å². The SMILES string of the molecule is C=CCn1c(COc2ccc(Cl)cc2)nnc1SCC(=O)c1ccc2c(c1)CCC2. The van der Waals surface area contributed by atoms with Crippen LogP contribution in [0, 0.1) is 0 Å². The second kappa shape index (κ2) is 9.49. The Labute approximate surface area is 185 Å². The van der Waals surface area contributed by atoms with Crippen molar-refractivity contribution in [2.75, 3.05) is 5.75 Å². The van der Waals surface area contributed by atoms with Crippen LogP contribution in [-0.4, -0.2) is 26.3 Å². The van der Waals surface area contributed by atoms with Gasteiger partial charge in [-0.1, -0.05) is 41.6 Å². The van der Waals surface area contributed by atoms with Gasteiger partial charge >= 0.3 is 0 Å². The van der Waals surface area contributed by atoms with Crippen molar-refractivity contribution in [3.63, 3.8) is 0 Å². The fraction of sp³-hybridized carbons (Fsp3) is 0.261. The molecule has 2 aromatic carbocycles. The minimum absolute atomic E-state index is 0.0989. The van der Waals surface area contributed by atoms with Gasteiger partial charge in [-0.25, -0.2) is 0 Å².